The van der Waals surface area contributed by atoms with Crippen LogP contribution in [0.1, 0.15) is 10.4 Å². The standard InChI is InChI=1S/C15H11ClN4O4/c16-10-3-1-9(2-4-10)15(21)23-20-14(17)8-22-11-5-6-12-13(7-11)19-24-18-12/h1-7H,8H2,(H2,17,20). The van der Waals surface area contributed by atoms with Gasteiger partial charge in [0.25, 0.3) is 0 Å². The molecule has 0 saturated heterocycles. The minimum absolute atomic E-state index is 0.00399. The van der Waals surface area contributed by atoms with E-state index in [9.17, 15) is 4.79 Å². The number of benzene rings is 2. The molecule has 0 radical (unpaired) electrons. The molecule has 1 heterocycles. The molecule has 2 N–H and O–H groups in total. The van der Waals surface area contributed by atoms with Crippen LogP contribution < -0.4 is 10.5 Å². The molecule has 0 aliphatic rings. The van der Waals surface area contributed by atoms with Crippen molar-refractivity contribution < 1.29 is 19.0 Å². The maximum atomic E-state index is 11.8. The molecule has 0 fully saturated rings. The number of carbonyl (C=O) groups excluding carboxylic acids is 1. The van der Waals surface area contributed by atoms with Gasteiger partial charge in [-0.3, -0.25) is 0 Å². The van der Waals surface area contributed by atoms with Crippen LogP contribution in [-0.2, 0) is 4.84 Å². The molecular formula is C15H11ClN4O4. The molecule has 0 aliphatic heterocycles. The lowest BCUT2D eigenvalue weighted by molar-refractivity contribution is 0.0513. The maximum absolute atomic E-state index is 11.8. The number of rotatable bonds is 5. The fraction of sp³-hybridized carbons (Fsp3) is 0.0667. The molecule has 24 heavy (non-hydrogen) atoms. The van der Waals surface area contributed by atoms with Crippen LogP contribution in [-0.4, -0.2) is 28.7 Å². The van der Waals surface area contributed by atoms with Crippen LogP contribution in [0.25, 0.3) is 11.0 Å². The lowest BCUT2D eigenvalue weighted by Gasteiger charge is -2.05. The minimum Gasteiger partial charge on any atom is -0.485 e. The predicted molar refractivity (Wildman–Crippen MR) is 85.8 cm³/mol. The number of ether oxygens (including phenoxy) is 1. The summed E-state index contributed by atoms with van der Waals surface area (Å²) in [5, 5.41) is 11.4. The highest BCUT2D eigenvalue weighted by Gasteiger charge is 2.08. The number of carbonyl (C=O) groups is 1. The van der Waals surface area contributed by atoms with E-state index < -0.39 is 5.97 Å². The van der Waals surface area contributed by atoms with E-state index in [0.717, 1.165) is 0 Å². The SMILES string of the molecule is N/C(COc1ccc2nonc2c1)=N\OC(=O)c1ccc(Cl)cc1. The fourth-order valence-electron chi connectivity index (χ4n) is 1.77. The number of nitrogens with two attached hydrogens (primary N) is 1. The first kappa shape index (κ1) is 15.8. The van der Waals surface area contributed by atoms with Crippen LogP contribution in [0.15, 0.2) is 52.2 Å². The summed E-state index contributed by atoms with van der Waals surface area (Å²) < 4.78 is 10.0. The molecule has 0 spiro atoms. The molecule has 0 bridgehead atoms. The van der Waals surface area contributed by atoms with Gasteiger partial charge in [0, 0.05) is 11.1 Å². The van der Waals surface area contributed by atoms with Crippen molar-refractivity contribution in [1.29, 1.82) is 0 Å². The summed E-state index contributed by atoms with van der Waals surface area (Å²) in [4.78, 5) is 16.5. The molecule has 0 amide bonds. The zero-order chi connectivity index (χ0) is 16.9. The maximum Gasteiger partial charge on any atom is 0.365 e. The van der Waals surface area contributed by atoms with Crippen molar-refractivity contribution in [3.8, 4) is 5.75 Å². The van der Waals surface area contributed by atoms with Gasteiger partial charge in [0.15, 0.2) is 5.84 Å². The van der Waals surface area contributed by atoms with Crippen LogP contribution in [0.2, 0.25) is 5.02 Å². The Bertz CT molecular complexity index is 892. The van der Waals surface area contributed by atoms with E-state index in [4.69, 9.17) is 26.9 Å². The second-order valence-electron chi connectivity index (χ2n) is 4.67. The molecule has 8 nitrogen and oxygen atoms in total. The second-order valence-corrected chi connectivity index (χ2v) is 5.11. The van der Waals surface area contributed by atoms with Gasteiger partial charge in [-0.25, -0.2) is 9.42 Å². The van der Waals surface area contributed by atoms with Gasteiger partial charge < -0.3 is 15.3 Å². The summed E-state index contributed by atoms with van der Waals surface area (Å²) in [6.07, 6.45) is 0. The number of fused-ring (bicyclic) bond motifs is 1. The summed E-state index contributed by atoms with van der Waals surface area (Å²) in [5.74, 6) is -0.152. The minimum atomic E-state index is -0.648. The smallest absolute Gasteiger partial charge is 0.365 e. The number of amidine groups is 1. The number of hydrogen-bond acceptors (Lipinski definition) is 7. The molecule has 1 aromatic heterocycles. The number of hydrogen-bond donors (Lipinski definition) is 1. The molecule has 0 aliphatic carbocycles. The first-order valence-corrected chi connectivity index (χ1v) is 7.14. The Morgan fingerprint density at radius 3 is 2.71 bits per heavy atom. The van der Waals surface area contributed by atoms with Crippen molar-refractivity contribution in [2.75, 3.05) is 6.61 Å². The van der Waals surface area contributed by atoms with Gasteiger partial charge in [-0.1, -0.05) is 16.8 Å². The van der Waals surface area contributed by atoms with Gasteiger partial charge in [0.1, 0.15) is 23.4 Å². The van der Waals surface area contributed by atoms with Crippen molar-refractivity contribution in [1.82, 2.24) is 10.3 Å². The molecule has 3 rings (SSSR count). The fourth-order valence-corrected chi connectivity index (χ4v) is 1.90. The molecule has 0 unspecified atom stereocenters. The van der Waals surface area contributed by atoms with Crippen LogP contribution in [0, 0.1) is 0 Å². The van der Waals surface area contributed by atoms with Gasteiger partial charge in [-0.2, -0.15) is 0 Å². The average molecular weight is 347 g/mol. The summed E-state index contributed by atoms with van der Waals surface area (Å²) >= 11 is 5.74. The summed E-state index contributed by atoms with van der Waals surface area (Å²) in [6.45, 7) is -0.0648. The van der Waals surface area contributed by atoms with Gasteiger partial charge in [-0.15, -0.1) is 0 Å². The van der Waals surface area contributed by atoms with Gasteiger partial charge in [0.05, 0.1) is 5.56 Å². The van der Waals surface area contributed by atoms with E-state index in [1.54, 1.807) is 30.3 Å². The van der Waals surface area contributed by atoms with E-state index >= 15 is 0 Å². The van der Waals surface area contributed by atoms with Crippen molar-refractivity contribution in [2.45, 2.75) is 0 Å². The second kappa shape index (κ2) is 6.97. The summed E-state index contributed by atoms with van der Waals surface area (Å²) in [6, 6.07) is 11.2. The summed E-state index contributed by atoms with van der Waals surface area (Å²) in [5.41, 5.74) is 7.12. The van der Waals surface area contributed by atoms with Crippen molar-refractivity contribution in [3.05, 3.63) is 53.1 Å². The average Bonchev–Trinajstić information content (AvgIpc) is 3.06. The molecule has 9 heteroatoms. The van der Waals surface area contributed by atoms with E-state index in [1.807, 2.05) is 0 Å². The highest BCUT2D eigenvalue weighted by Crippen LogP contribution is 2.17. The Kier molecular flexibility index (Phi) is 4.57. The zero-order valence-electron chi connectivity index (χ0n) is 12.2. The Morgan fingerprint density at radius 2 is 1.92 bits per heavy atom. The normalized spacial score (nSPS) is 11.5. The quantitative estimate of drug-likeness (QED) is 0.326. The Balaban J connectivity index is 1.55. The van der Waals surface area contributed by atoms with Crippen LogP contribution in [0.4, 0.5) is 0 Å². The van der Waals surface area contributed by atoms with Gasteiger partial charge in [-0.05, 0) is 46.7 Å². The summed E-state index contributed by atoms with van der Waals surface area (Å²) in [7, 11) is 0. The molecule has 3 aromatic rings. The molecule has 122 valence electrons. The predicted octanol–water partition coefficient (Wildman–Crippen LogP) is 2.38. The Hall–Kier alpha value is -3.13. The number of aromatic nitrogens is 2. The lowest BCUT2D eigenvalue weighted by atomic mass is 10.2. The number of halogens is 1. The van der Waals surface area contributed by atoms with E-state index in [-0.39, 0.29) is 12.4 Å². The van der Waals surface area contributed by atoms with Crippen molar-refractivity contribution in [2.24, 2.45) is 10.9 Å². The first-order valence-electron chi connectivity index (χ1n) is 6.76. The molecule has 0 saturated carbocycles. The van der Waals surface area contributed by atoms with Crippen molar-refractivity contribution in [3.63, 3.8) is 0 Å². The third kappa shape index (κ3) is 3.79. The van der Waals surface area contributed by atoms with Gasteiger partial charge >= 0.3 is 5.97 Å². The van der Waals surface area contributed by atoms with E-state index in [1.165, 1.54) is 12.1 Å². The Morgan fingerprint density at radius 1 is 1.17 bits per heavy atom. The lowest BCUT2D eigenvalue weighted by Crippen LogP contribution is -2.22. The Labute approximate surface area is 140 Å². The van der Waals surface area contributed by atoms with E-state index in [2.05, 4.69) is 20.1 Å². The number of oxime groups is 1. The monoisotopic (exact) mass is 346 g/mol. The highest BCUT2D eigenvalue weighted by molar-refractivity contribution is 6.30. The first-order chi connectivity index (χ1) is 11.6. The van der Waals surface area contributed by atoms with Gasteiger partial charge in [0.2, 0.25) is 0 Å². The van der Waals surface area contributed by atoms with Crippen molar-refractivity contribution >= 4 is 34.4 Å². The van der Waals surface area contributed by atoms with Crippen LogP contribution >= 0.6 is 11.6 Å². The van der Waals surface area contributed by atoms with Crippen LogP contribution in [0.5, 0.6) is 5.75 Å². The molecule has 0 atom stereocenters. The van der Waals surface area contributed by atoms with Crippen LogP contribution in [0.3, 0.4) is 0 Å². The van der Waals surface area contributed by atoms with E-state index in [0.29, 0.717) is 27.4 Å². The zero-order valence-corrected chi connectivity index (χ0v) is 12.9. The highest BCUT2D eigenvalue weighted by atomic mass is 35.5. The third-order valence-electron chi connectivity index (χ3n) is 2.94. The molecule has 2 aromatic carbocycles. The number of nitrogens with zero attached hydrogens (tertiary/aromatic N) is 3. The largest absolute Gasteiger partial charge is 0.485 e. The third-order valence-corrected chi connectivity index (χ3v) is 3.19. The molecular weight excluding hydrogens is 336 g/mol. The topological polar surface area (TPSA) is 113 Å².